The lowest BCUT2D eigenvalue weighted by atomic mass is 9.90. The molecule has 0 bridgehead atoms. The van der Waals surface area contributed by atoms with E-state index in [2.05, 4.69) is 16.8 Å². The van der Waals surface area contributed by atoms with E-state index in [1.807, 2.05) is 0 Å². The van der Waals surface area contributed by atoms with Gasteiger partial charge in [0.25, 0.3) is 0 Å². The van der Waals surface area contributed by atoms with Gasteiger partial charge in [-0.1, -0.05) is 17.7 Å². The molecule has 19 heavy (non-hydrogen) atoms. The SMILES string of the molecule is C=NN1CCCC(c2ccc(F)cc2Cl)/C1=N/CN. The molecule has 6 heteroatoms. The van der Waals surface area contributed by atoms with Crippen LogP contribution in [0.4, 0.5) is 4.39 Å². The first-order valence-electron chi connectivity index (χ1n) is 6.11. The van der Waals surface area contributed by atoms with Gasteiger partial charge >= 0.3 is 0 Å². The van der Waals surface area contributed by atoms with Crippen LogP contribution in [0.2, 0.25) is 5.02 Å². The number of piperidine rings is 1. The van der Waals surface area contributed by atoms with Gasteiger partial charge in [-0.2, -0.15) is 5.10 Å². The summed E-state index contributed by atoms with van der Waals surface area (Å²) in [6.45, 7) is 4.48. The Morgan fingerprint density at radius 1 is 1.53 bits per heavy atom. The van der Waals surface area contributed by atoms with Crippen LogP contribution in [0.15, 0.2) is 28.3 Å². The van der Waals surface area contributed by atoms with E-state index in [0.29, 0.717) is 5.02 Å². The maximum atomic E-state index is 13.1. The number of halogens is 2. The van der Waals surface area contributed by atoms with Gasteiger partial charge in [0, 0.05) is 24.2 Å². The summed E-state index contributed by atoms with van der Waals surface area (Å²) < 4.78 is 13.1. The predicted octanol–water partition coefficient (Wildman–Crippen LogP) is 2.59. The number of hydrogen-bond acceptors (Lipinski definition) is 3. The van der Waals surface area contributed by atoms with Gasteiger partial charge in [-0.05, 0) is 30.5 Å². The third-order valence-electron chi connectivity index (χ3n) is 3.20. The van der Waals surface area contributed by atoms with Gasteiger partial charge in [-0.25, -0.2) is 4.39 Å². The van der Waals surface area contributed by atoms with Crippen LogP contribution in [0.25, 0.3) is 0 Å². The molecular weight excluding hydrogens is 267 g/mol. The van der Waals surface area contributed by atoms with Crippen LogP contribution in [0.3, 0.4) is 0 Å². The highest BCUT2D eigenvalue weighted by Gasteiger charge is 2.29. The van der Waals surface area contributed by atoms with Gasteiger partial charge in [0.15, 0.2) is 0 Å². The van der Waals surface area contributed by atoms with Gasteiger partial charge < -0.3 is 5.73 Å². The van der Waals surface area contributed by atoms with Gasteiger partial charge in [0.05, 0.1) is 6.67 Å². The first-order valence-corrected chi connectivity index (χ1v) is 6.48. The second-order valence-corrected chi connectivity index (χ2v) is 4.73. The van der Waals surface area contributed by atoms with Gasteiger partial charge in [-0.3, -0.25) is 10.0 Å². The van der Waals surface area contributed by atoms with E-state index >= 15 is 0 Å². The Hall–Kier alpha value is -1.46. The molecule has 0 radical (unpaired) electrons. The van der Waals surface area contributed by atoms with E-state index in [9.17, 15) is 4.39 Å². The highest BCUT2D eigenvalue weighted by atomic mass is 35.5. The standard InChI is InChI=1S/C13H16ClFN4/c1-17-19-6-2-3-11(13(19)18-8-16)10-5-4-9(15)7-12(10)14/h4-5,7,11H,1-3,6,8,16H2/b18-13-. The van der Waals surface area contributed by atoms with Crippen LogP contribution in [0.1, 0.15) is 24.3 Å². The zero-order valence-corrected chi connectivity index (χ0v) is 11.3. The Balaban J connectivity index is 2.40. The largest absolute Gasteiger partial charge is 0.312 e. The van der Waals surface area contributed by atoms with E-state index in [0.717, 1.165) is 30.8 Å². The molecule has 1 aromatic rings. The van der Waals surface area contributed by atoms with Crippen molar-refractivity contribution >= 4 is 24.2 Å². The molecule has 1 fully saturated rings. The lowest BCUT2D eigenvalue weighted by Crippen LogP contribution is -2.37. The van der Waals surface area contributed by atoms with Crippen LogP contribution >= 0.6 is 11.6 Å². The number of amidine groups is 1. The lowest BCUT2D eigenvalue weighted by molar-refractivity contribution is 0.373. The number of rotatable bonds is 3. The Labute approximate surface area is 116 Å². The van der Waals surface area contributed by atoms with E-state index in [-0.39, 0.29) is 18.4 Å². The van der Waals surface area contributed by atoms with E-state index in [1.54, 1.807) is 11.1 Å². The molecule has 1 unspecified atom stereocenters. The summed E-state index contributed by atoms with van der Waals surface area (Å²) in [4.78, 5) is 4.29. The summed E-state index contributed by atoms with van der Waals surface area (Å²) in [5.74, 6) is 0.383. The fourth-order valence-electron chi connectivity index (χ4n) is 2.38. The van der Waals surface area contributed by atoms with Crippen molar-refractivity contribution in [3.8, 4) is 0 Å². The Bertz CT molecular complexity index is 503. The molecular formula is C13H16ClFN4. The minimum Gasteiger partial charge on any atom is -0.312 e. The van der Waals surface area contributed by atoms with E-state index < -0.39 is 0 Å². The Morgan fingerprint density at radius 3 is 2.95 bits per heavy atom. The molecule has 1 aliphatic rings. The summed E-state index contributed by atoms with van der Waals surface area (Å²) in [6, 6.07) is 4.42. The average molecular weight is 283 g/mol. The fraction of sp³-hybridized carbons (Fsp3) is 0.385. The molecule has 1 aliphatic heterocycles. The third kappa shape index (κ3) is 2.93. The molecule has 0 amide bonds. The summed E-state index contributed by atoms with van der Waals surface area (Å²) in [7, 11) is 0. The molecule has 4 nitrogen and oxygen atoms in total. The molecule has 0 spiro atoms. The average Bonchev–Trinajstić information content (AvgIpc) is 2.40. The van der Waals surface area contributed by atoms with Crippen LogP contribution < -0.4 is 5.73 Å². The van der Waals surface area contributed by atoms with Gasteiger partial charge in [0.2, 0.25) is 0 Å². The van der Waals surface area contributed by atoms with E-state index in [4.69, 9.17) is 17.3 Å². The molecule has 2 N–H and O–H groups in total. The molecule has 1 saturated heterocycles. The van der Waals surface area contributed by atoms with Crippen molar-refractivity contribution in [1.29, 1.82) is 0 Å². The van der Waals surface area contributed by atoms with Crippen molar-refractivity contribution in [3.05, 3.63) is 34.6 Å². The summed E-state index contributed by atoms with van der Waals surface area (Å²) in [5, 5.41) is 6.09. The monoisotopic (exact) mass is 282 g/mol. The minimum absolute atomic E-state index is 0.0177. The predicted molar refractivity (Wildman–Crippen MR) is 76.1 cm³/mol. The number of nitrogens with two attached hydrogens (primary N) is 1. The van der Waals surface area contributed by atoms with Crippen molar-refractivity contribution in [1.82, 2.24) is 5.01 Å². The Morgan fingerprint density at radius 2 is 2.32 bits per heavy atom. The molecule has 1 atom stereocenters. The zero-order chi connectivity index (χ0) is 13.8. The maximum Gasteiger partial charge on any atom is 0.128 e. The number of benzene rings is 1. The highest BCUT2D eigenvalue weighted by Crippen LogP contribution is 2.33. The summed E-state index contributed by atoms with van der Waals surface area (Å²) in [5.41, 5.74) is 6.36. The normalized spacial score (nSPS) is 21.7. The molecule has 102 valence electrons. The molecule has 1 aromatic carbocycles. The molecule has 1 heterocycles. The second-order valence-electron chi connectivity index (χ2n) is 4.32. The van der Waals surface area contributed by atoms with Crippen molar-refractivity contribution in [3.63, 3.8) is 0 Å². The van der Waals surface area contributed by atoms with Gasteiger partial charge in [-0.15, -0.1) is 0 Å². The maximum absolute atomic E-state index is 13.1. The first-order chi connectivity index (χ1) is 9.17. The molecule has 0 aliphatic carbocycles. The Kier molecular flexibility index (Phi) is 4.50. The van der Waals surface area contributed by atoms with Crippen molar-refractivity contribution in [2.45, 2.75) is 18.8 Å². The highest BCUT2D eigenvalue weighted by molar-refractivity contribution is 6.31. The second kappa shape index (κ2) is 6.12. The smallest absolute Gasteiger partial charge is 0.128 e. The molecule has 0 aromatic heterocycles. The quantitative estimate of drug-likeness (QED) is 0.867. The number of aliphatic imine (C=N–C) groups is 1. The summed E-state index contributed by atoms with van der Waals surface area (Å²) in [6.07, 6.45) is 1.83. The van der Waals surface area contributed by atoms with Crippen molar-refractivity contribution in [2.75, 3.05) is 13.2 Å². The third-order valence-corrected chi connectivity index (χ3v) is 3.53. The number of nitrogens with zero attached hydrogens (tertiary/aromatic N) is 3. The first kappa shape index (κ1) is 14.0. The van der Waals surface area contributed by atoms with Crippen molar-refractivity contribution < 1.29 is 4.39 Å². The van der Waals surface area contributed by atoms with Crippen LogP contribution in [-0.4, -0.2) is 30.8 Å². The van der Waals surface area contributed by atoms with Crippen molar-refractivity contribution in [2.24, 2.45) is 15.8 Å². The minimum atomic E-state index is -0.347. The number of hydrogen-bond donors (Lipinski definition) is 1. The van der Waals surface area contributed by atoms with Crippen LogP contribution in [-0.2, 0) is 0 Å². The lowest BCUT2D eigenvalue weighted by Gasteiger charge is -2.32. The van der Waals surface area contributed by atoms with Crippen LogP contribution in [0.5, 0.6) is 0 Å². The van der Waals surface area contributed by atoms with Gasteiger partial charge in [0.1, 0.15) is 11.7 Å². The topological polar surface area (TPSA) is 54.0 Å². The molecule has 2 rings (SSSR count). The molecule has 0 saturated carbocycles. The van der Waals surface area contributed by atoms with Crippen LogP contribution in [0, 0.1) is 5.82 Å². The van der Waals surface area contributed by atoms with E-state index in [1.165, 1.54) is 12.1 Å². The number of hydrazone groups is 1. The summed E-state index contributed by atoms with van der Waals surface area (Å²) >= 11 is 6.13. The fourth-order valence-corrected chi connectivity index (χ4v) is 2.67. The zero-order valence-electron chi connectivity index (χ0n) is 10.5.